The second-order valence-corrected chi connectivity index (χ2v) is 4.24. The van der Waals surface area contributed by atoms with E-state index in [1.165, 1.54) is 0 Å². The van der Waals surface area contributed by atoms with E-state index in [1.807, 2.05) is 35.2 Å². The molecule has 0 amide bonds. The Hall–Kier alpha value is -1.63. The van der Waals surface area contributed by atoms with Gasteiger partial charge >= 0.3 is 0 Å². The molecule has 0 aliphatic carbocycles. The lowest BCUT2D eigenvalue weighted by atomic mass is 9.97. The number of aliphatic hydroxyl groups is 2. The number of hydrogen-bond donors (Lipinski definition) is 4. The van der Waals surface area contributed by atoms with Gasteiger partial charge in [-0.3, -0.25) is 4.90 Å². The van der Waals surface area contributed by atoms with Crippen molar-refractivity contribution in [3.8, 4) is 0 Å². The van der Waals surface area contributed by atoms with Gasteiger partial charge in [0.2, 0.25) is 0 Å². The van der Waals surface area contributed by atoms with Gasteiger partial charge in [-0.2, -0.15) is 0 Å². The van der Waals surface area contributed by atoms with Gasteiger partial charge in [-0.25, -0.2) is 0 Å². The third-order valence-corrected chi connectivity index (χ3v) is 2.95. The Balaban J connectivity index is 2.86. The SMILES string of the molecule is NC(=NO)C(CN(CCO)CCO)c1ccccc1. The minimum Gasteiger partial charge on any atom is -0.409 e. The fourth-order valence-electron chi connectivity index (χ4n) is 1.96. The number of oxime groups is 1. The van der Waals surface area contributed by atoms with Gasteiger partial charge in [0, 0.05) is 19.6 Å². The molecule has 1 rings (SSSR count). The number of hydrogen-bond acceptors (Lipinski definition) is 5. The van der Waals surface area contributed by atoms with E-state index in [0.29, 0.717) is 19.6 Å². The molecule has 0 bridgehead atoms. The number of nitrogens with zero attached hydrogens (tertiary/aromatic N) is 2. The maximum atomic E-state index is 9.01. The van der Waals surface area contributed by atoms with Crippen LogP contribution < -0.4 is 5.73 Å². The van der Waals surface area contributed by atoms with Gasteiger partial charge < -0.3 is 21.2 Å². The van der Waals surface area contributed by atoms with E-state index in [0.717, 1.165) is 5.56 Å². The average Bonchev–Trinajstić information content (AvgIpc) is 2.45. The topological polar surface area (TPSA) is 102 Å². The van der Waals surface area contributed by atoms with Gasteiger partial charge in [0.05, 0.1) is 19.1 Å². The number of amidine groups is 1. The van der Waals surface area contributed by atoms with Crippen LogP contribution in [0.15, 0.2) is 35.5 Å². The largest absolute Gasteiger partial charge is 0.409 e. The molecule has 0 saturated heterocycles. The summed E-state index contributed by atoms with van der Waals surface area (Å²) in [4.78, 5) is 1.87. The molecule has 0 aliphatic heterocycles. The first-order valence-electron chi connectivity index (χ1n) is 6.19. The van der Waals surface area contributed by atoms with E-state index in [1.54, 1.807) is 0 Å². The van der Waals surface area contributed by atoms with Crippen molar-refractivity contribution in [2.45, 2.75) is 5.92 Å². The number of rotatable bonds is 8. The molecule has 6 heteroatoms. The summed E-state index contributed by atoms with van der Waals surface area (Å²) in [6.45, 7) is 1.33. The van der Waals surface area contributed by atoms with Crippen molar-refractivity contribution in [1.29, 1.82) is 0 Å². The molecule has 0 radical (unpaired) electrons. The average molecular weight is 267 g/mol. The lowest BCUT2D eigenvalue weighted by Crippen LogP contribution is -2.38. The summed E-state index contributed by atoms with van der Waals surface area (Å²) < 4.78 is 0. The first-order chi connectivity index (χ1) is 9.22. The molecule has 106 valence electrons. The maximum Gasteiger partial charge on any atom is 0.147 e. The van der Waals surface area contributed by atoms with Gasteiger partial charge in [0.1, 0.15) is 5.84 Å². The summed E-state index contributed by atoms with van der Waals surface area (Å²) in [5.74, 6) is -0.156. The van der Waals surface area contributed by atoms with Crippen LogP contribution in [0.4, 0.5) is 0 Å². The van der Waals surface area contributed by atoms with Crippen LogP contribution in [0.3, 0.4) is 0 Å². The summed E-state index contributed by atoms with van der Waals surface area (Å²) >= 11 is 0. The molecular weight excluding hydrogens is 246 g/mol. The van der Waals surface area contributed by atoms with Gasteiger partial charge in [0.15, 0.2) is 0 Å². The standard InChI is InChI=1S/C13H21N3O3/c14-13(15-19)12(11-4-2-1-3-5-11)10-16(6-8-17)7-9-18/h1-5,12,17-19H,6-10H2,(H2,14,15). The highest BCUT2D eigenvalue weighted by Crippen LogP contribution is 2.17. The lowest BCUT2D eigenvalue weighted by Gasteiger charge is -2.25. The second kappa shape index (κ2) is 8.47. The van der Waals surface area contributed by atoms with Crippen LogP contribution in [0.25, 0.3) is 0 Å². The zero-order valence-corrected chi connectivity index (χ0v) is 10.8. The summed E-state index contributed by atoms with van der Waals surface area (Å²) in [5, 5.41) is 30.0. The monoisotopic (exact) mass is 267 g/mol. The number of nitrogens with two attached hydrogens (primary N) is 1. The predicted octanol–water partition coefficient (Wildman–Crippen LogP) is -0.197. The smallest absolute Gasteiger partial charge is 0.147 e. The highest BCUT2D eigenvalue weighted by Gasteiger charge is 2.19. The Kier molecular flexibility index (Phi) is 6.88. The molecule has 0 spiro atoms. The number of benzene rings is 1. The predicted molar refractivity (Wildman–Crippen MR) is 73.2 cm³/mol. The molecule has 0 saturated carbocycles. The molecule has 0 fully saturated rings. The van der Waals surface area contributed by atoms with Gasteiger partial charge in [-0.15, -0.1) is 0 Å². The second-order valence-electron chi connectivity index (χ2n) is 4.24. The zero-order valence-electron chi connectivity index (χ0n) is 10.8. The molecule has 1 aromatic carbocycles. The van der Waals surface area contributed by atoms with E-state index >= 15 is 0 Å². The Morgan fingerprint density at radius 3 is 2.21 bits per heavy atom. The fourth-order valence-corrected chi connectivity index (χ4v) is 1.96. The van der Waals surface area contributed by atoms with Crippen LogP contribution in [0.1, 0.15) is 11.5 Å². The van der Waals surface area contributed by atoms with Crippen molar-refractivity contribution < 1.29 is 15.4 Å². The van der Waals surface area contributed by atoms with Crippen molar-refractivity contribution in [2.75, 3.05) is 32.8 Å². The number of aliphatic hydroxyl groups excluding tert-OH is 2. The summed E-state index contributed by atoms with van der Waals surface area (Å²) in [6.07, 6.45) is 0. The van der Waals surface area contributed by atoms with Gasteiger partial charge in [0.25, 0.3) is 0 Å². The third kappa shape index (κ3) is 4.86. The van der Waals surface area contributed by atoms with Crippen molar-refractivity contribution in [3.63, 3.8) is 0 Å². The first-order valence-corrected chi connectivity index (χ1v) is 6.19. The van der Waals surface area contributed by atoms with E-state index in [-0.39, 0.29) is 25.0 Å². The van der Waals surface area contributed by atoms with E-state index in [4.69, 9.17) is 21.2 Å². The molecule has 5 N–H and O–H groups in total. The van der Waals surface area contributed by atoms with Crippen LogP contribution in [-0.4, -0.2) is 59.0 Å². The van der Waals surface area contributed by atoms with Crippen molar-refractivity contribution in [3.05, 3.63) is 35.9 Å². The quantitative estimate of drug-likeness (QED) is 0.226. The van der Waals surface area contributed by atoms with Gasteiger partial charge in [-0.1, -0.05) is 35.5 Å². The highest BCUT2D eigenvalue weighted by atomic mass is 16.4. The molecule has 6 nitrogen and oxygen atoms in total. The van der Waals surface area contributed by atoms with Crippen LogP contribution in [-0.2, 0) is 0 Å². The fraction of sp³-hybridized carbons (Fsp3) is 0.462. The molecule has 19 heavy (non-hydrogen) atoms. The molecule has 0 aliphatic rings. The van der Waals surface area contributed by atoms with Crippen LogP contribution >= 0.6 is 0 Å². The van der Waals surface area contributed by atoms with Crippen LogP contribution in [0, 0.1) is 0 Å². The molecule has 0 heterocycles. The minimum absolute atomic E-state index is 0.00230. The molecular formula is C13H21N3O3. The third-order valence-electron chi connectivity index (χ3n) is 2.95. The van der Waals surface area contributed by atoms with E-state index < -0.39 is 0 Å². The molecule has 0 aromatic heterocycles. The minimum atomic E-state index is -0.274. The lowest BCUT2D eigenvalue weighted by molar-refractivity contribution is 0.159. The maximum absolute atomic E-state index is 9.01. The van der Waals surface area contributed by atoms with E-state index in [2.05, 4.69) is 5.16 Å². The molecule has 1 aromatic rings. The molecule has 1 unspecified atom stereocenters. The van der Waals surface area contributed by atoms with Crippen molar-refractivity contribution >= 4 is 5.84 Å². The van der Waals surface area contributed by atoms with Crippen molar-refractivity contribution in [1.82, 2.24) is 4.90 Å². The normalized spacial score (nSPS) is 13.7. The molecule has 1 atom stereocenters. The summed E-state index contributed by atoms with van der Waals surface area (Å²) in [6, 6.07) is 9.47. The first kappa shape index (κ1) is 15.4. The Bertz CT molecular complexity index is 378. The Labute approximate surface area is 112 Å². The summed E-state index contributed by atoms with van der Waals surface area (Å²) in [7, 11) is 0. The van der Waals surface area contributed by atoms with Gasteiger partial charge in [-0.05, 0) is 5.56 Å². The van der Waals surface area contributed by atoms with Crippen LogP contribution in [0.5, 0.6) is 0 Å². The Morgan fingerprint density at radius 2 is 1.74 bits per heavy atom. The zero-order chi connectivity index (χ0) is 14.1. The highest BCUT2D eigenvalue weighted by molar-refractivity contribution is 5.87. The van der Waals surface area contributed by atoms with Crippen LogP contribution in [0.2, 0.25) is 0 Å². The Morgan fingerprint density at radius 1 is 1.16 bits per heavy atom. The van der Waals surface area contributed by atoms with Crippen molar-refractivity contribution in [2.24, 2.45) is 10.9 Å². The summed E-state index contributed by atoms with van der Waals surface area (Å²) in [5.41, 5.74) is 6.67. The van der Waals surface area contributed by atoms with E-state index in [9.17, 15) is 0 Å².